The van der Waals surface area contributed by atoms with Crippen LogP contribution in [0, 0.1) is 0 Å². The van der Waals surface area contributed by atoms with E-state index in [9.17, 15) is 24.0 Å². The summed E-state index contributed by atoms with van der Waals surface area (Å²) >= 11 is 8.38. The van der Waals surface area contributed by atoms with Gasteiger partial charge in [0.25, 0.3) is 11.8 Å². The zero-order valence-corrected chi connectivity index (χ0v) is 41.5. The molecule has 0 aliphatic carbocycles. The molecular formula is C53H45N9O8S3. The van der Waals surface area contributed by atoms with Gasteiger partial charge in [-0.15, -0.1) is 23.1 Å². The number of hydrogen-bond donors (Lipinski definition) is 4. The van der Waals surface area contributed by atoms with E-state index in [2.05, 4.69) is 31.5 Å². The molecule has 0 spiro atoms. The summed E-state index contributed by atoms with van der Waals surface area (Å²) in [6.07, 6.45) is 1.44. The van der Waals surface area contributed by atoms with Gasteiger partial charge in [0.1, 0.15) is 35.5 Å². The minimum absolute atomic E-state index is 0.0568. The molecule has 1 saturated heterocycles. The number of carbonyl (C=O) groups is 3. The second-order valence-corrected chi connectivity index (χ2v) is 18.8. The SMILES string of the molecule is CON=C(C(=O)NC1C(=O)N2C(C(=O)OC(c3ccccc3)c3ccccc3)=C(CC(=S)c3n[nH]c(=O)c(=O)n3C=CNOC)CSC12)c1csc(NC(c2ccccc2)(c2ccccc2)c2ccccc2)n1. The Bertz CT molecular complexity index is 3220. The van der Waals surface area contributed by atoms with Gasteiger partial charge < -0.3 is 20.2 Å². The molecular weight excluding hydrogens is 987 g/mol. The number of β-lactam (4-membered cyclic amide) rings is 1. The van der Waals surface area contributed by atoms with Crippen LogP contribution in [0.25, 0.3) is 6.20 Å². The lowest BCUT2D eigenvalue weighted by Crippen LogP contribution is -2.71. The number of H-pyrrole nitrogens is 1. The van der Waals surface area contributed by atoms with Crippen molar-refractivity contribution in [2.24, 2.45) is 5.16 Å². The number of thiocarbonyl (C=S) groups is 1. The maximum Gasteiger partial charge on any atom is 0.356 e. The third-order valence-electron chi connectivity index (χ3n) is 12.0. The summed E-state index contributed by atoms with van der Waals surface area (Å²) in [4.78, 5) is 85.3. The number of anilines is 1. The Labute approximate surface area is 431 Å². The highest BCUT2D eigenvalue weighted by molar-refractivity contribution is 8.00. The summed E-state index contributed by atoms with van der Waals surface area (Å²) in [6.45, 7) is 0. The Morgan fingerprint density at radius 3 is 1.96 bits per heavy atom. The standard InChI is InChI=1S/C53H45N9O8S3/c1-68-54-28-29-61-45(58-59-47(64)49(61)66)40(71)30-35-31-72-50-42(48(65)62(50)43(35)51(67)70-44(33-18-8-3-9-19-33)34-20-10-4-11-21-34)56-46(63)41(60-69-2)39-32-73-52(55-39)57-53(36-22-12-5-13-23-36,37-24-14-6-15-25-37)38-26-16-7-17-27-38/h3-29,32,42,44,50,54H,30-31H2,1-2H3,(H,55,57)(H,56,63)(H,59,64). The Balaban J connectivity index is 1.02. The van der Waals surface area contributed by atoms with E-state index >= 15 is 0 Å². The van der Waals surface area contributed by atoms with Crippen LogP contribution in [0.5, 0.6) is 0 Å². The molecule has 2 aromatic heterocycles. The first-order chi connectivity index (χ1) is 35.6. The van der Waals surface area contributed by atoms with Gasteiger partial charge >= 0.3 is 17.1 Å². The number of hydrogen-bond acceptors (Lipinski definition) is 16. The van der Waals surface area contributed by atoms with Crippen molar-refractivity contribution < 1.29 is 28.8 Å². The first-order valence-electron chi connectivity index (χ1n) is 22.6. The van der Waals surface area contributed by atoms with E-state index in [-0.39, 0.29) is 40.0 Å². The van der Waals surface area contributed by atoms with E-state index < -0.39 is 52.0 Å². The van der Waals surface area contributed by atoms with Crippen molar-refractivity contribution in [1.29, 1.82) is 0 Å². The van der Waals surface area contributed by atoms with Crippen molar-refractivity contribution in [1.82, 2.24) is 35.4 Å². The van der Waals surface area contributed by atoms with Crippen LogP contribution in [-0.2, 0) is 34.3 Å². The Hall–Kier alpha value is -8.30. The fraction of sp³-hybridized carbons (Fsp3) is 0.151. The number of nitrogens with one attached hydrogen (secondary N) is 4. The zero-order chi connectivity index (χ0) is 50.9. The molecule has 5 aromatic carbocycles. The number of amides is 2. The van der Waals surface area contributed by atoms with Crippen molar-refractivity contribution in [3.05, 3.63) is 235 Å². The summed E-state index contributed by atoms with van der Waals surface area (Å²) in [7, 11) is 2.66. The van der Waals surface area contributed by atoms with Crippen molar-refractivity contribution in [3.63, 3.8) is 0 Å². The molecule has 2 aliphatic rings. The molecule has 73 heavy (non-hydrogen) atoms. The molecule has 20 heteroatoms. The third kappa shape index (κ3) is 10.3. The maximum absolute atomic E-state index is 14.8. The van der Waals surface area contributed by atoms with E-state index in [1.165, 1.54) is 54.6 Å². The summed E-state index contributed by atoms with van der Waals surface area (Å²) in [5.74, 6) is -2.15. The number of fused-ring (bicyclic) bond motifs is 1. The molecule has 7 aromatic rings. The molecule has 2 amide bonds. The maximum atomic E-state index is 14.8. The van der Waals surface area contributed by atoms with Gasteiger partial charge in [-0.05, 0) is 33.4 Å². The van der Waals surface area contributed by atoms with Crippen molar-refractivity contribution in [2.75, 3.05) is 25.3 Å². The summed E-state index contributed by atoms with van der Waals surface area (Å²) in [5, 5.41) is 18.3. The first-order valence-corrected chi connectivity index (χ1v) is 25.0. The number of aromatic amines is 1. The zero-order valence-electron chi connectivity index (χ0n) is 39.0. The molecule has 2 aliphatic heterocycles. The van der Waals surface area contributed by atoms with Crippen LogP contribution in [-0.4, -0.2) is 84.4 Å². The number of benzene rings is 5. The largest absolute Gasteiger partial charge is 0.448 e. The van der Waals surface area contributed by atoms with Crippen LogP contribution >= 0.6 is 35.3 Å². The minimum atomic E-state index is -1.13. The second-order valence-electron chi connectivity index (χ2n) is 16.3. The Kier molecular flexibility index (Phi) is 15.3. The highest BCUT2D eigenvalue weighted by Crippen LogP contribution is 2.44. The number of thiazole rings is 1. The minimum Gasteiger partial charge on any atom is -0.448 e. The highest BCUT2D eigenvalue weighted by Gasteiger charge is 2.55. The van der Waals surface area contributed by atoms with E-state index in [1.54, 1.807) is 5.38 Å². The molecule has 2 atom stereocenters. The normalized spacial score (nSPS) is 15.6. The van der Waals surface area contributed by atoms with E-state index in [1.807, 2.05) is 152 Å². The van der Waals surface area contributed by atoms with Crippen LogP contribution in [0.1, 0.15) is 51.9 Å². The molecule has 9 rings (SSSR count). The van der Waals surface area contributed by atoms with Crippen molar-refractivity contribution in [3.8, 4) is 0 Å². The second kappa shape index (κ2) is 22.4. The van der Waals surface area contributed by atoms with Crippen molar-refractivity contribution >= 4 is 75.0 Å². The van der Waals surface area contributed by atoms with E-state index in [0.717, 1.165) is 21.3 Å². The number of hydroxylamine groups is 1. The summed E-state index contributed by atoms with van der Waals surface area (Å²) in [6, 6.07) is 47.1. The molecule has 4 heterocycles. The van der Waals surface area contributed by atoms with Gasteiger partial charge in [-0.1, -0.05) is 169 Å². The molecule has 17 nitrogen and oxygen atoms in total. The monoisotopic (exact) mass is 1030 g/mol. The van der Waals surface area contributed by atoms with Gasteiger partial charge in [-0.3, -0.25) is 39.0 Å². The number of nitrogens with zero attached hydrogens (tertiary/aromatic N) is 5. The van der Waals surface area contributed by atoms with Gasteiger partial charge in [-0.25, -0.2) is 14.9 Å². The van der Waals surface area contributed by atoms with Gasteiger partial charge in [0.2, 0.25) is 0 Å². The first kappa shape index (κ1) is 49.7. The molecule has 4 N–H and O–H groups in total. The van der Waals surface area contributed by atoms with Crippen LogP contribution < -0.4 is 27.2 Å². The lowest BCUT2D eigenvalue weighted by molar-refractivity contribution is -0.154. The van der Waals surface area contributed by atoms with Gasteiger partial charge in [-0.2, -0.15) is 5.10 Å². The number of ether oxygens (including phenoxy) is 1. The number of rotatable bonds is 19. The third-order valence-corrected chi connectivity index (χ3v) is 14.4. The highest BCUT2D eigenvalue weighted by atomic mass is 32.2. The molecule has 0 bridgehead atoms. The fourth-order valence-electron chi connectivity index (χ4n) is 8.63. The average molecular weight is 1030 g/mol. The predicted octanol–water partition coefficient (Wildman–Crippen LogP) is 6.52. The lowest BCUT2D eigenvalue weighted by Gasteiger charge is -2.49. The number of carbonyl (C=O) groups excluding carboxylic acids is 3. The average Bonchev–Trinajstić information content (AvgIpc) is 3.90. The molecule has 0 radical (unpaired) electrons. The van der Waals surface area contributed by atoms with E-state index in [4.69, 9.17) is 31.6 Å². The van der Waals surface area contributed by atoms with Crippen LogP contribution in [0.3, 0.4) is 0 Å². The van der Waals surface area contributed by atoms with Crippen LogP contribution in [0.2, 0.25) is 0 Å². The number of thioether (sulfide) groups is 1. The predicted molar refractivity (Wildman–Crippen MR) is 282 cm³/mol. The van der Waals surface area contributed by atoms with Crippen LogP contribution in [0.4, 0.5) is 5.13 Å². The summed E-state index contributed by atoms with van der Waals surface area (Å²) in [5.41, 5.74) is 4.06. The molecule has 368 valence electrons. The lowest BCUT2D eigenvalue weighted by atomic mass is 9.77. The van der Waals surface area contributed by atoms with Gasteiger partial charge in [0, 0.05) is 30.0 Å². The fourth-order valence-corrected chi connectivity index (χ4v) is 11.0. The number of aromatic nitrogens is 4. The molecule has 0 saturated carbocycles. The quantitative estimate of drug-likeness (QED) is 0.00994. The van der Waals surface area contributed by atoms with Gasteiger partial charge in [0.15, 0.2) is 22.8 Å². The molecule has 1 fully saturated rings. The summed E-state index contributed by atoms with van der Waals surface area (Å²) < 4.78 is 7.28. The van der Waals surface area contributed by atoms with E-state index in [0.29, 0.717) is 21.8 Å². The van der Waals surface area contributed by atoms with Gasteiger partial charge in [0.05, 0.1) is 12.0 Å². The number of esters is 1. The Morgan fingerprint density at radius 1 is 0.849 bits per heavy atom. The topological polar surface area (TPSA) is 211 Å². The van der Waals surface area contributed by atoms with Crippen molar-refractivity contribution in [2.45, 2.75) is 29.5 Å². The smallest absolute Gasteiger partial charge is 0.356 e. The van der Waals surface area contributed by atoms with Crippen LogP contribution in [0.15, 0.2) is 189 Å². The Morgan fingerprint density at radius 2 is 1.41 bits per heavy atom. The number of oxime groups is 1. The molecule has 2 unspecified atom stereocenters.